The van der Waals surface area contributed by atoms with Crippen LogP contribution in [0.4, 0.5) is 0 Å². The molecule has 3 unspecified atom stereocenters. The second-order valence-electron chi connectivity index (χ2n) is 14.2. The van der Waals surface area contributed by atoms with Gasteiger partial charge in [-0.15, -0.1) is 11.8 Å². The smallest absolute Gasteiger partial charge is 0.244 e. The second-order valence-corrected chi connectivity index (χ2v) is 15.8. The Bertz CT molecular complexity index is 1310. The van der Waals surface area contributed by atoms with Gasteiger partial charge in [0, 0.05) is 17.3 Å². The highest BCUT2D eigenvalue weighted by molar-refractivity contribution is 8.02. The van der Waals surface area contributed by atoms with Crippen LogP contribution in [0.5, 0.6) is 0 Å². The van der Waals surface area contributed by atoms with Gasteiger partial charge in [-0.05, 0) is 49.1 Å². The van der Waals surface area contributed by atoms with Gasteiger partial charge >= 0.3 is 0 Å². The minimum Gasteiger partial charge on any atom is -0.394 e. The molecule has 3 saturated heterocycles. The summed E-state index contributed by atoms with van der Waals surface area (Å²) in [6.07, 6.45) is 1.51. The first kappa shape index (κ1) is 30.6. The van der Waals surface area contributed by atoms with E-state index in [0.717, 1.165) is 24.0 Å². The monoisotopic (exact) mass is 591 g/mol. The molecule has 7 atom stereocenters. The summed E-state index contributed by atoms with van der Waals surface area (Å²) < 4.78 is -0.763. The summed E-state index contributed by atoms with van der Waals surface area (Å²) >= 11 is 1.66. The van der Waals surface area contributed by atoms with E-state index in [1.807, 2.05) is 74.5 Å². The van der Waals surface area contributed by atoms with Gasteiger partial charge < -0.3 is 20.6 Å². The van der Waals surface area contributed by atoms with Crippen LogP contribution >= 0.6 is 11.8 Å². The number of thioether (sulfide) groups is 1. The zero-order valence-corrected chi connectivity index (χ0v) is 26.4. The maximum Gasteiger partial charge on any atom is 0.244 e. The highest BCUT2D eigenvalue weighted by Gasteiger charge is 2.76. The maximum absolute atomic E-state index is 14.6. The normalized spacial score (nSPS) is 29.4. The molecule has 3 N–H and O–H groups in total. The third-order valence-corrected chi connectivity index (χ3v) is 11.2. The Balaban J connectivity index is 1.53. The molecule has 0 aromatic heterocycles. The van der Waals surface area contributed by atoms with Gasteiger partial charge in [0.25, 0.3) is 0 Å². The standard InChI is InChI=1S/C34H45N3O4S/c1-21-17-25-26(29(39)35-18-22-13-9-7-10-14-22)27-31(41)37(24(19-38)23-15-11-8-12-16-23)28(34(21,27)42-25)30(40)36-33(5,6)20-32(2,3)4/h7-16,21,24-28,38H,17-20H2,1-6H3,(H,35,39)(H,36,40)/t21?,24-,25+,26-,27+,28?,34?/m1/s1. The van der Waals surface area contributed by atoms with E-state index in [0.29, 0.717) is 6.54 Å². The number of hydrogen-bond donors (Lipinski definition) is 3. The molecule has 226 valence electrons. The summed E-state index contributed by atoms with van der Waals surface area (Å²) in [6.45, 7) is 12.7. The molecule has 2 aromatic rings. The van der Waals surface area contributed by atoms with Crippen molar-refractivity contribution in [1.82, 2.24) is 15.5 Å². The van der Waals surface area contributed by atoms with E-state index in [2.05, 4.69) is 38.3 Å². The molecule has 42 heavy (non-hydrogen) atoms. The average Bonchev–Trinajstić information content (AvgIpc) is 3.51. The van der Waals surface area contributed by atoms with E-state index in [9.17, 15) is 19.5 Å². The molecule has 3 aliphatic heterocycles. The number of hydrogen-bond acceptors (Lipinski definition) is 5. The summed E-state index contributed by atoms with van der Waals surface area (Å²) in [7, 11) is 0. The van der Waals surface area contributed by atoms with E-state index in [4.69, 9.17) is 0 Å². The van der Waals surface area contributed by atoms with Gasteiger partial charge in [0.15, 0.2) is 0 Å². The van der Waals surface area contributed by atoms with Crippen molar-refractivity contribution in [3.63, 3.8) is 0 Å². The van der Waals surface area contributed by atoms with Gasteiger partial charge in [-0.3, -0.25) is 14.4 Å². The molecule has 2 aromatic carbocycles. The van der Waals surface area contributed by atoms with E-state index in [1.165, 1.54) is 0 Å². The number of amides is 3. The Hall–Kier alpha value is -2.84. The molecular weight excluding hydrogens is 546 g/mol. The third kappa shape index (κ3) is 5.48. The number of aliphatic hydroxyl groups excluding tert-OH is 1. The lowest BCUT2D eigenvalue weighted by Gasteiger charge is -2.42. The molecule has 0 saturated carbocycles. The second kappa shape index (κ2) is 11.3. The van der Waals surface area contributed by atoms with Crippen LogP contribution in [0, 0.1) is 23.2 Å². The number of carbonyl (C=O) groups is 3. The average molecular weight is 592 g/mol. The SMILES string of the molecule is CC1C[C@@H]2SC13C(C(=O)NC(C)(C)CC(C)(C)C)N([C@H](CO)c1ccccc1)C(=O)[C@@H]3[C@@H]2C(=O)NCc1ccccc1. The lowest BCUT2D eigenvalue weighted by molar-refractivity contribution is -0.143. The van der Waals surface area contributed by atoms with Crippen LogP contribution in [0.3, 0.4) is 0 Å². The molecule has 8 heteroatoms. The first-order valence-electron chi connectivity index (χ1n) is 15.1. The van der Waals surface area contributed by atoms with Gasteiger partial charge in [0.2, 0.25) is 17.7 Å². The predicted molar refractivity (Wildman–Crippen MR) is 166 cm³/mol. The van der Waals surface area contributed by atoms with Gasteiger partial charge in [-0.25, -0.2) is 0 Å². The van der Waals surface area contributed by atoms with E-state index in [1.54, 1.807) is 16.7 Å². The quantitative estimate of drug-likeness (QED) is 0.393. The zero-order valence-electron chi connectivity index (χ0n) is 25.6. The molecule has 3 fully saturated rings. The fourth-order valence-electron chi connectivity index (χ4n) is 8.10. The Morgan fingerprint density at radius 3 is 2.24 bits per heavy atom. The largest absolute Gasteiger partial charge is 0.394 e. The van der Waals surface area contributed by atoms with Crippen molar-refractivity contribution in [3.05, 3.63) is 71.8 Å². The number of aliphatic hydroxyl groups is 1. The fraction of sp³-hybridized carbons (Fsp3) is 0.559. The van der Waals surface area contributed by atoms with Crippen LogP contribution in [0.15, 0.2) is 60.7 Å². The van der Waals surface area contributed by atoms with E-state index >= 15 is 0 Å². The van der Waals surface area contributed by atoms with Crippen LogP contribution in [0.1, 0.15) is 71.6 Å². The minimum absolute atomic E-state index is 0.0176. The lowest BCUT2D eigenvalue weighted by atomic mass is 9.65. The molecule has 3 amide bonds. The highest BCUT2D eigenvalue weighted by Crippen LogP contribution is 2.69. The molecule has 0 radical (unpaired) electrons. The Morgan fingerprint density at radius 1 is 1.02 bits per heavy atom. The first-order chi connectivity index (χ1) is 19.8. The number of nitrogens with zero attached hydrogens (tertiary/aromatic N) is 1. The Labute approximate surface area is 254 Å². The zero-order chi connectivity index (χ0) is 30.4. The number of nitrogens with one attached hydrogen (secondary N) is 2. The summed E-state index contributed by atoms with van der Waals surface area (Å²) in [6, 6.07) is 17.6. The molecule has 0 aliphatic carbocycles. The van der Waals surface area contributed by atoms with Crippen LogP contribution in [0.2, 0.25) is 0 Å². The number of carbonyl (C=O) groups excluding carboxylic acids is 3. The third-order valence-electron chi connectivity index (χ3n) is 9.17. The minimum atomic E-state index is -0.816. The molecular formula is C34H45N3O4S. The van der Waals surface area contributed by atoms with Crippen molar-refractivity contribution < 1.29 is 19.5 Å². The summed E-state index contributed by atoms with van der Waals surface area (Å²) in [5.74, 6) is -1.71. The molecule has 3 heterocycles. The van der Waals surface area contributed by atoms with Crippen molar-refractivity contribution >= 4 is 29.5 Å². The fourth-order valence-corrected chi connectivity index (χ4v) is 10.5. The van der Waals surface area contributed by atoms with Crippen molar-refractivity contribution in [2.75, 3.05) is 6.61 Å². The topological polar surface area (TPSA) is 98.7 Å². The number of fused-ring (bicyclic) bond motifs is 1. The van der Waals surface area contributed by atoms with Gasteiger partial charge in [0.1, 0.15) is 6.04 Å². The maximum atomic E-state index is 14.6. The molecule has 3 aliphatic rings. The Kier molecular flexibility index (Phi) is 8.27. The molecule has 5 rings (SSSR count). The van der Waals surface area contributed by atoms with E-state index < -0.39 is 34.2 Å². The number of rotatable bonds is 9. The Morgan fingerprint density at radius 2 is 1.64 bits per heavy atom. The highest BCUT2D eigenvalue weighted by atomic mass is 32.2. The van der Waals surface area contributed by atoms with Gasteiger partial charge in [-0.1, -0.05) is 88.4 Å². The number of likely N-dealkylation sites (tertiary alicyclic amines) is 1. The van der Waals surface area contributed by atoms with Crippen molar-refractivity contribution in [2.24, 2.45) is 23.2 Å². The molecule has 7 nitrogen and oxygen atoms in total. The predicted octanol–water partition coefficient (Wildman–Crippen LogP) is 4.70. The van der Waals surface area contributed by atoms with Crippen LogP contribution in [0.25, 0.3) is 0 Å². The summed E-state index contributed by atoms with van der Waals surface area (Å²) in [4.78, 5) is 44.6. The van der Waals surface area contributed by atoms with Crippen molar-refractivity contribution in [2.45, 2.75) is 88.5 Å². The summed E-state index contributed by atoms with van der Waals surface area (Å²) in [5, 5.41) is 17.1. The van der Waals surface area contributed by atoms with Gasteiger partial charge in [-0.2, -0.15) is 0 Å². The van der Waals surface area contributed by atoms with Crippen LogP contribution in [-0.2, 0) is 20.9 Å². The van der Waals surface area contributed by atoms with Crippen molar-refractivity contribution in [1.29, 1.82) is 0 Å². The molecule has 2 bridgehead atoms. The number of benzene rings is 2. The van der Waals surface area contributed by atoms with Crippen LogP contribution in [-0.4, -0.2) is 55.9 Å². The van der Waals surface area contributed by atoms with E-state index in [-0.39, 0.29) is 40.9 Å². The van der Waals surface area contributed by atoms with Crippen molar-refractivity contribution in [3.8, 4) is 0 Å². The lowest BCUT2D eigenvalue weighted by Crippen LogP contribution is -2.60. The van der Waals surface area contributed by atoms with Gasteiger partial charge in [0.05, 0.1) is 29.2 Å². The first-order valence-corrected chi connectivity index (χ1v) is 16.0. The summed E-state index contributed by atoms with van der Waals surface area (Å²) in [5.41, 5.74) is 1.23. The molecule has 1 spiro atoms. The van der Waals surface area contributed by atoms with Crippen LogP contribution < -0.4 is 10.6 Å².